The molecule has 0 aromatic heterocycles. The molecule has 2 heteroatoms. The maximum atomic E-state index is 5.41. The maximum absolute atomic E-state index is 5.41. The number of ether oxygens (including phenoxy) is 1. The van der Waals surface area contributed by atoms with Gasteiger partial charge in [-0.2, -0.15) is 0 Å². The lowest BCUT2D eigenvalue weighted by Gasteiger charge is -2.44. The molecular formula is C8H18NO+. The van der Waals surface area contributed by atoms with Gasteiger partial charge in [0, 0.05) is 0 Å². The predicted octanol–water partition coefficient (Wildman–Crippen LogP) is 0.870. The van der Waals surface area contributed by atoms with Crippen molar-refractivity contribution in [3.8, 4) is 0 Å². The average Bonchev–Trinajstić information content (AvgIpc) is 1.84. The quantitative estimate of drug-likeness (QED) is 0.458. The standard InChI is InChI=1S/C8H18NO/c1-7-5-10-6-8(2)9(7,3)4/h7-8H,5-6H2,1-4H3/q+1. The highest BCUT2D eigenvalue weighted by atomic mass is 16.5. The summed E-state index contributed by atoms with van der Waals surface area (Å²) >= 11 is 0. The molecule has 1 aliphatic rings. The first-order valence-electron chi connectivity index (χ1n) is 3.96. The summed E-state index contributed by atoms with van der Waals surface area (Å²) in [5.74, 6) is 0. The van der Waals surface area contributed by atoms with E-state index in [1.165, 1.54) is 0 Å². The third kappa shape index (κ3) is 1.18. The Kier molecular flexibility index (Phi) is 2.02. The van der Waals surface area contributed by atoms with E-state index in [1.807, 2.05) is 0 Å². The number of quaternary nitrogens is 1. The largest absolute Gasteiger partial charge is 0.369 e. The number of rotatable bonds is 0. The van der Waals surface area contributed by atoms with E-state index in [1.54, 1.807) is 0 Å². The molecule has 2 nitrogen and oxygen atoms in total. The zero-order valence-electron chi connectivity index (χ0n) is 7.42. The second-order valence-electron chi connectivity index (χ2n) is 3.86. The maximum Gasteiger partial charge on any atom is 0.110 e. The Labute approximate surface area is 63.4 Å². The van der Waals surface area contributed by atoms with Crippen molar-refractivity contribution < 1.29 is 9.22 Å². The van der Waals surface area contributed by atoms with Crippen molar-refractivity contribution in [3.05, 3.63) is 0 Å². The van der Waals surface area contributed by atoms with Crippen LogP contribution in [0.2, 0.25) is 0 Å². The van der Waals surface area contributed by atoms with E-state index in [9.17, 15) is 0 Å². The summed E-state index contributed by atoms with van der Waals surface area (Å²) in [7, 11) is 4.55. The minimum Gasteiger partial charge on any atom is -0.369 e. The van der Waals surface area contributed by atoms with Gasteiger partial charge in [-0.3, -0.25) is 0 Å². The fraction of sp³-hybridized carbons (Fsp3) is 1.00. The first kappa shape index (κ1) is 8.02. The molecule has 10 heavy (non-hydrogen) atoms. The molecule has 1 aliphatic heterocycles. The smallest absolute Gasteiger partial charge is 0.110 e. The second-order valence-corrected chi connectivity index (χ2v) is 3.86. The van der Waals surface area contributed by atoms with Gasteiger partial charge >= 0.3 is 0 Å². The Hall–Kier alpha value is -0.0800. The number of hydrogen-bond acceptors (Lipinski definition) is 1. The molecule has 0 aliphatic carbocycles. The lowest BCUT2D eigenvalue weighted by molar-refractivity contribution is -0.943. The van der Waals surface area contributed by atoms with Gasteiger partial charge in [0.15, 0.2) is 0 Å². The summed E-state index contributed by atoms with van der Waals surface area (Å²) in [5.41, 5.74) is 0. The molecule has 0 N–H and O–H groups in total. The van der Waals surface area contributed by atoms with E-state index in [0.717, 1.165) is 17.7 Å². The third-order valence-corrected chi connectivity index (χ3v) is 2.99. The minimum absolute atomic E-state index is 0.642. The Morgan fingerprint density at radius 2 is 1.50 bits per heavy atom. The summed E-state index contributed by atoms with van der Waals surface area (Å²) in [6, 6.07) is 1.28. The molecule has 1 heterocycles. The summed E-state index contributed by atoms with van der Waals surface area (Å²) in [5, 5.41) is 0. The predicted molar refractivity (Wildman–Crippen MR) is 41.9 cm³/mol. The Morgan fingerprint density at radius 3 is 1.80 bits per heavy atom. The van der Waals surface area contributed by atoms with Crippen molar-refractivity contribution in [3.63, 3.8) is 0 Å². The molecule has 2 atom stereocenters. The van der Waals surface area contributed by atoms with E-state index in [4.69, 9.17) is 4.74 Å². The fourth-order valence-corrected chi connectivity index (χ4v) is 1.23. The summed E-state index contributed by atoms with van der Waals surface area (Å²) in [6.07, 6.45) is 0. The van der Waals surface area contributed by atoms with E-state index in [-0.39, 0.29) is 0 Å². The van der Waals surface area contributed by atoms with Gasteiger partial charge in [0.1, 0.15) is 12.1 Å². The van der Waals surface area contributed by atoms with Gasteiger partial charge in [0.25, 0.3) is 0 Å². The average molecular weight is 144 g/mol. The van der Waals surface area contributed by atoms with E-state index in [0.29, 0.717) is 12.1 Å². The van der Waals surface area contributed by atoms with Gasteiger partial charge in [0.2, 0.25) is 0 Å². The van der Waals surface area contributed by atoms with Crippen LogP contribution in [0.4, 0.5) is 0 Å². The third-order valence-electron chi connectivity index (χ3n) is 2.99. The summed E-state index contributed by atoms with van der Waals surface area (Å²) < 4.78 is 6.51. The van der Waals surface area contributed by atoms with Gasteiger partial charge in [-0.15, -0.1) is 0 Å². The molecule has 0 amide bonds. The van der Waals surface area contributed by atoms with Crippen LogP contribution in [0.3, 0.4) is 0 Å². The zero-order valence-corrected chi connectivity index (χ0v) is 7.42. The minimum atomic E-state index is 0.642. The molecule has 0 aromatic rings. The molecule has 0 bridgehead atoms. The zero-order chi connectivity index (χ0) is 7.78. The molecule has 1 fully saturated rings. The molecular weight excluding hydrogens is 126 g/mol. The Bertz CT molecular complexity index is 110. The Morgan fingerprint density at radius 1 is 1.10 bits per heavy atom. The van der Waals surface area contributed by atoms with Crippen LogP contribution >= 0.6 is 0 Å². The molecule has 1 saturated heterocycles. The highest BCUT2D eigenvalue weighted by Gasteiger charge is 2.34. The Balaban J connectivity index is 2.63. The van der Waals surface area contributed by atoms with Crippen molar-refractivity contribution in [2.24, 2.45) is 0 Å². The van der Waals surface area contributed by atoms with E-state index >= 15 is 0 Å². The topological polar surface area (TPSA) is 9.23 Å². The van der Waals surface area contributed by atoms with Crippen molar-refractivity contribution in [2.45, 2.75) is 25.9 Å². The van der Waals surface area contributed by atoms with E-state index in [2.05, 4.69) is 27.9 Å². The highest BCUT2D eigenvalue weighted by molar-refractivity contribution is 4.61. The van der Waals surface area contributed by atoms with Crippen LogP contribution in [-0.4, -0.2) is 43.9 Å². The first-order chi connectivity index (χ1) is 4.55. The van der Waals surface area contributed by atoms with Crippen molar-refractivity contribution in [1.29, 1.82) is 0 Å². The fourth-order valence-electron chi connectivity index (χ4n) is 1.23. The van der Waals surface area contributed by atoms with Crippen molar-refractivity contribution in [2.75, 3.05) is 27.3 Å². The lowest BCUT2D eigenvalue weighted by Crippen LogP contribution is -2.60. The highest BCUT2D eigenvalue weighted by Crippen LogP contribution is 2.17. The van der Waals surface area contributed by atoms with E-state index < -0.39 is 0 Å². The summed E-state index contributed by atoms with van der Waals surface area (Å²) in [6.45, 7) is 6.32. The van der Waals surface area contributed by atoms with Crippen LogP contribution in [0.25, 0.3) is 0 Å². The molecule has 60 valence electrons. The van der Waals surface area contributed by atoms with Gasteiger partial charge in [0.05, 0.1) is 27.3 Å². The van der Waals surface area contributed by atoms with Crippen LogP contribution in [0.5, 0.6) is 0 Å². The van der Waals surface area contributed by atoms with Crippen LogP contribution in [0.15, 0.2) is 0 Å². The first-order valence-corrected chi connectivity index (χ1v) is 3.96. The second kappa shape index (κ2) is 2.51. The molecule has 0 saturated carbocycles. The number of nitrogens with zero attached hydrogens (tertiary/aromatic N) is 1. The van der Waals surface area contributed by atoms with Crippen LogP contribution in [0.1, 0.15) is 13.8 Å². The van der Waals surface area contributed by atoms with Crippen molar-refractivity contribution >= 4 is 0 Å². The number of hydrogen-bond donors (Lipinski definition) is 0. The van der Waals surface area contributed by atoms with Gasteiger partial charge < -0.3 is 9.22 Å². The monoisotopic (exact) mass is 144 g/mol. The molecule has 0 spiro atoms. The summed E-state index contributed by atoms with van der Waals surface area (Å²) in [4.78, 5) is 0. The van der Waals surface area contributed by atoms with Crippen molar-refractivity contribution in [1.82, 2.24) is 0 Å². The molecule has 0 aromatic carbocycles. The number of likely N-dealkylation sites (N-methyl/N-ethyl adjacent to an activating group) is 1. The van der Waals surface area contributed by atoms with Crippen LogP contribution in [-0.2, 0) is 4.74 Å². The van der Waals surface area contributed by atoms with Crippen LogP contribution in [0, 0.1) is 0 Å². The molecule has 0 radical (unpaired) electrons. The van der Waals surface area contributed by atoms with Crippen LogP contribution < -0.4 is 0 Å². The molecule has 1 rings (SSSR count). The van der Waals surface area contributed by atoms with Gasteiger partial charge in [-0.1, -0.05) is 0 Å². The number of morpholine rings is 1. The normalized spacial score (nSPS) is 39.6. The van der Waals surface area contributed by atoms with Gasteiger partial charge in [-0.25, -0.2) is 0 Å². The SMILES string of the molecule is CC1COCC(C)[N+]1(C)C. The van der Waals surface area contributed by atoms with Gasteiger partial charge in [-0.05, 0) is 13.8 Å². The molecule has 2 unspecified atom stereocenters. The lowest BCUT2D eigenvalue weighted by atomic mass is 10.1.